The maximum absolute atomic E-state index is 5.75. The van der Waals surface area contributed by atoms with Gasteiger partial charge in [0.1, 0.15) is 9.34 Å². The maximum atomic E-state index is 5.75. The molecule has 1 heterocycles. The van der Waals surface area contributed by atoms with E-state index in [0.29, 0.717) is 5.54 Å². The third-order valence-electron chi connectivity index (χ3n) is 2.19. The lowest BCUT2D eigenvalue weighted by Crippen LogP contribution is -2.26. The van der Waals surface area contributed by atoms with E-state index < -0.39 is 0 Å². The van der Waals surface area contributed by atoms with Crippen LogP contribution < -0.4 is 5.32 Å². The second-order valence-corrected chi connectivity index (χ2v) is 5.22. The van der Waals surface area contributed by atoms with Crippen molar-refractivity contribution >= 4 is 22.9 Å². The molecular formula is C8H11ClN2S. The van der Waals surface area contributed by atoms with Crippen LogP contribution in [0, 0.1) is 0 Å². The highest BCUT2D eigenvalue weighted by molar-refractivity contribution is 7.15. The Hall–Kier alpha value is -0.120. The van der Waals surface area contributed by atoms with E-state index >= 15 is 0 Å². The Morgan fingerprint density at radius 2 is 2.50 bits per heavy atom. The first kappa shape index (κ1) is 8.48. The van der Waals surface area contributed by atoms with Crippen molar-refractivity contribution in [2.24, 2.45) is 0 Å². The predicted octanol–water partition coefficient (Wildman–Crippen LogP) is 2.44. The third-order valence-corrected chi connectivity index (χ3v) is 3.31. The minimum atomic E-state index is 0.387. The van der Waals surface area contributed by atoms with Crippen molar-refractivity contribution < 1.29 is 0 Å². The van der Waals surface area contributed by atoms with Gasteiger partial charge in [-0.05, 0) is 19.8 Å². The molecule has 0 atom stereocenters. The number of hydrogen-bond donors (Lipinski definition) is 1. The minimum absolute atomic E-state index is 0.387. The summed E-state index contributed by atoms with van der Waals surface area (Å²) in [6, 6.07) is 0. The quantitative estimate of drug-likeness (QED) is 0.815. The average molecular weight is 203 g/mol. The molecule has 0 aliphatic heterocycles. The average Bonchev–Trinajstić information content (AvgIpc) is 2.60. The summed E-state index contributed by atoms with van der Waals surface area (Å²) < 4.78 is 0.771. The Kier molecular flexibility index (Phi) is 2.10. The Morgan fingerprint density at radius 1 is 1.75 bits per heavy atom. The van der Waals surface area contributed by atoms with Crippen LogP contribution in [0.25, 0.3) is 0 Å². The van der Waals surface area contributed by atoms with E-state index in [1.165, 1.54) is 12.8 Å². The van der Waals surface area contributed by atoms with E-state index in [0.717, 1.165) is 15.9 Å². The first-order valence-electron chi connectivity index (χ1n) is 4.03. The van der Waals surface area contributed by atoms with Gasteiger partial charge in [-0.1, -0.05) is 11.6 Å². The molecule has 0 spiro atoms. The predicted molar refractivity (Wildman–Crippen MR) is 51.6 cm³/mol. The molecule has 1 aromatic rings. The number of nitrogens with zero attached hydrogens (tertiary/aromatic N) is 1. The highest BCUT2D eigenvalue weighted by atomic mass is 35.5. The third kappa shape index (κ3) is 1.97. The molecule has 1 aliphatic rings. The fourth-order valence-electron chi connectivity index (χ4n) is 1.02. The monoisotopic (exact) mass is 202 g/mol. The van der Waals surface area contributed by atoms with Crippen molar-refractivity contribution in [3.63, 3.8) is 0 Å². The minimum Gasteiger partial charge on any atom is -0.305 e. The number of halogens is 1. The summed E-state index contributed by atoms with van der Waals surface area (Å²) in [5.41, 5.74) is 0.387. The van der Waals surface area contributed by atoms with Crippen molar-refractivity contribution in [3.05, 3.63) is 15.5 Å². The van der Waals surface area contributed by atoms with Crippen LogP contribution in [0.4, 0.5) is 0 Å². The van der Waals surface area contributed by atoms with Crippen molar-refractivity contribution in [1.29, 1.82) is 0 Å². The Labute approximate surface area is 81.0 Å². The van der Waals surface area contributed by atoms with Crippen LogP contribution in [0.2, 0.25) is 4.34 Å². The van der Waals surface area contributed by atoms with Crippen LogP contribution in [0.15, 0.2) is 6.20 Å². The van der Waals surface area contributed by atoms with Crippen LogP contribution in [-0.4, -0.2) is 10.5 Å². The fraction of sp³-hybridized carbons (Fsp3) is 0.625. The molecule has 2 rings (SSSR count). The number of nitrogens with one attached hydrogen (secondary N) is 1. The molecule has 2 nitrogen and oxygen atoms in total. The summed E-state index contributed by atoms with van der Waals surface area (Å²) in [5.74, 6) is 0. The molecule has 0 amide bonds. The van der Waals surface area contributed by atoms with Gasteiger partial charge in [-0.3, -0.25) is 0 Å². The van der Waals surface area contributed by atoms with E-state index in [2.05, 4.69) is 17.2 Å². The van der Waals surface area contributed by atoms with Gasteiger partial charge in [0.15, 0.2) is 0 Å². The Bertz CT molecular complexity index is 280. The fourth-order valence-corrected chi connectivity index (χ4v) is 1.92. The molecule has 0 radical (unpaired) electrons. The largest absolute Gasteiger partial charge is 0.305 e. The van der Waals surface area contributed by atoms with Gasteiger partial charge in [-0.15, -0.1) is 11.3 Å². The van der Waals surface area contributed by atoms with Gasteiger partial charge in [0.2, 0.25) is 0 Å². The lowest BCUT2D eigenvalue weighted by Gasteiger charge is -2.08. The molecule has 4 heteroatoms. The summed E-state index contributed by atoms with van der Waals surface area (Å²) in [4.78, 5) is 4.17. The molecule has 0 bridgehead atoms. The summed E-state index contributed by atoms with van der Waals surface area (Å²) in [6.07, 6.45) is 4.27. The molecule has 1 saturated carbocycles. The smallest absolute Gasteiger partial charge is 0.113 e. The van der Waals surface area contributed by atoms with Crippen molar-refractivity contribution in [1.82, 2.24) is 10.3 Å². The molecule has 12 heavy (non-hydrogen) atoms. The van der Waals surface area contributed by atoms with Crippen LogP contribution in [0.5, 0.6) is 0 Å². The van der Waals surface area contributed by atoms with Crippen molar-refractivity contribution in [2.75, 3.05) is 0 Å². The van der Waals surface area contributed by atoms with Crippen molar-refractivity contribution in [2.45, 2.75) is 31.8 Å². The van der Waals surface area contributed by atoms with Crippen LogP contribution in [0.3, 0.4) is 0 Å². The van der Waals surface area contributed by atoms with Crippen LogP contribution in [-0.2, 0) is 6.54 Å². The number of aromatic nitrogens is 1. The maximum Gasteiger partial charge on any atom is 0.113 e. The van der Waals surface area contributed by atoms with E-state index in [1.807, 2.05) is 0 Å². The van der Waals surface area contributed by atoms with Gasteiger partial charge in [0.25, 0.3) is 0 Å². The molecule has 66 valence electrons. The summed E-state index contributed by atoms with van der Waals surface area (Å²) in [6.45, 7) is 3.09. The highest BCUT2D eigenvalue weighted by Gasteiger charge is 2.36. The molecule has 0 aromatic carbocycles. The molecule has 0 unspecified atom stereocenters. The standard InChI is InChI=1S/C8H11ClN2S/c1-8(2-3-8)11-5-7-10-4-6(9)12-7/h4,11H,2-3,5H2,1H3. The van der Waals surface area contributed by atoms with Gasteiger partial charge in [0.05, 0.1) is 6.20 Å². The number of thiazole rings is 1. The van der Waals surface area contributed by atoms with E-state index in [-0.39, 0.29) is 0 Å². The number of rotatable bonds is 3. The van der Waals surface area contributed by atoms with Crippen LogP contribution in [0.1, 0.15) is 24.8 Å². The normalized spacial score (nSPS) is 19.5. The molecule has 1 aliphatic carbocycles. The molecule has 1 N–H and O–H groups in total. The van der Waals surface area contributed by atoms with Gasteiger partial charge < -0.3 is 5.32 Å². The van der Waals surface area contributed by atoms with Crippen LogP contribution >= 0.6 is 22.9 Å². The highest BCUT2D eigenvalue weighted by Crippen LogP contribution is 2.34. The molecule has 0 saturated heterocycles. The van der Waals surface area contributed by atoms with E-state index in [4.69, 9.17) is 11.6 Å². The summed E-state index contributed by atoms with van der Waals surface area (Å²) >= 11 is 7.30. The second-order valence-electron chi connectivity index (χ2n) is 3.47. The Morgan fingerprint density at radius 3 is 3.00 bits per heavy atom. The van der Waals surface area contributed by atoms with Gasteiger partial charge >= 0.3 is 0 Å². The van der Waals surface area contributed by atoms with Gasteiger partial charge in [0, 0.05) is 12.1 Å². The SMILES string of the molecule is CC1(NCc2ncc(Cl)s2)CC1. The first-order valence-corrected chi connectivity index (χ1v) is 5.23. The topological polar surface area (TPSA) is 24.9 Å². The zero-order valence-corrected chi connectivity index (χ0v) is 8.50. The zero-order chi connectivity index (χ0) is 8.60. The van der Waals surface area contributed by atoms with E-state index in [9.17, 15) is 0 Å². The molecular weight excluding hydrogens is 192 g/mol. The first-order chi connectivity index (χ1) is 5.68. The molecule has 1 aromatic heterocycles. The van der Waals surface area contributed by atoms with Crippen molar-refractivity contribution in [3.8, 4) is 0 Å². The van der Waals surface area contributed by atoms with Gasteiger partial charge in [-0.2, -0.15) is 0 Å². The lowest BCUT2D eigenvalue weighted by atomic mass is 10.3. The lowest BCUT2D eigenvalue weighted by molar-refractivity contribution is 0.536. The zero-order valence-electron chi connectivity index (χ0n) is 6.93. The Balaban J connectivity index is 1.87. The summed E-state index contributed by atoms with van der Waals surface area (Å²) in [7, 11) is 0. The summed E-state index contributed by atoms with van der Waals surface area (Å²) in [5, 5.41) is 4.53. The van der Waals surface area contributed by atoms with Gasteiger partial charge in [-0.25, -0.2) is 4.98 Å². The molecule has 1 fully saturated rings. The van der Waals surface area contributed by atoms with E-state index in [1.54, 1.807) is 17.5 Å². The second kappa shape index (κ2) is 2.98. The number of hydrogen-bond acceptors (Lipinski definition) is 3.